The normalized spacial score (nSPS) is 17.1. The van der Waals surface area contributed by atoms with Crippen LogP contribution >= 0.6 is 0 Å². The minimum atomic E-state index is -0.164. The second kappa shape index (κ2) is 4.70. The number of ketones is 1. The molecule has 0 fully saturated rings. The van der Waals surface area contributed by atoms with Crippen molar-refractivity contribution in [3.8, 4) is 0 Å². The molecular formula is C20H17NO. The summed E-state index contributed by atoms with van der Waals surface area (Å²) in [5.41, 5.74) is 4.15. The molecule has 0 aliphatic carbocycles. The van der Waals surface area contributed by atoms with Crippen LogP contribution in [0.5, 0.6) is 0 Å². The van der Waals surface area contributed by atoms with Crippen molar-refractivity contribution in [2.45, 2.75) is 19.9 Å². The van der Waals surface area contributed by atoms with E-state index in [2.05, 4.69) is 48.2 Å². The monoisotopic (exact) mass is 287 g/mol. The number of fused-ring (bicyclic) bond motifs is 3. The van der Waals surface area contributed by atoms with Gasteiger partial charge in [0.05, 0.1) is 17.3 Å². The fourth-order valence-electron chi connectivity index (χ4n) is 3.40. The maximum atomic E-state index is 12.8. The number of Topliss-reactive ketones (excluding diaryl/α,β-unsaturated/α-hetero) is 1. The van der Waals surface area contributed by atoms with Gasteiger partial charge in [-0.3, -0.25) is 4.79 Å². The molecule has 0 spiro atoms. The summed E-state index contributed by atoms with van der Waals surface area (Å²) in [4.78, 5) is 15.0. The maximum Gasteiger partial charge on any atom is 0.188 e. The second-order valence-corrected chi connectivity index (χ2v) is 5.93. The smallest absolute Gasteiger partial charge is 0.188 e. The Bertz CT molecular complexity index is 897. The van der Waals surface area contributed by atoms with Crippen LogP contribution in [0.3, 0.4) is 0 Å². The highest BCUT2D eigenvalue weighted by molar-refractivity contribution is 6.20. The van der Waals surface area contributed by atoms with Crippen molar-refractivity contribution in [2.75, 3.05) is 4.90 Å². The van der Waals surface area contributed by atoms with E-state index < -0.39 is 0 Å². The lowest BCUT2D eigenvalue weighted by Crippen LogP contribution is -2.28. The number of carbonyl (C=O) groups is 1. The Hall–Kier alpha value is -2.61. The highest BCUT2D eigenvalue weighted by Gasteiger charge is 2.36. The molecular weight excluding hydrogens is 270 g/mol. The van der Waals surface area contributed by atoms with Gasteiger partial charge >= 0.3 is 0 Å². The number of hydrogen-bond acceptors (Lipinski definition) is 2. The van der Waals surface area contributed by atoms with Gasteiger partial charge in [0.1, 0.15) is 0 Å². The van der Waals surface area contributed by atoms with E-state index in [0.717, 1.165) is 27.7 Å². The van der Waals surface area contributed by atoms with E-state index >= 15 is 0 Å². The summed E-state index contributed by atoms with van der Waals surface area (Å²) in [5.74, 6) is 0.202. The zero-order valence-electron chi connectivity index (χ0n) is 12.7. The lowest BCUT2D eigenvalue weighted by molar-refractivity contribution is 0.0981. The Morgan fingerprint density at radius 1 is 0.955 bits per heavy atom. The molecule has 108 valence electrons. The molecule has 0 N–H and O–H groups in total. The van der Waals surface area contributed by atoms with Crippen LogP contribution in [0.4, 0.5) is 11.4 Å². The van der Waals surface area contributed by atoms with Crippen molar-refractivity contribution in [1.29, 1.82) is 0 Å². The molecule has 0 radical (unpaired) electrons. The average Bonchev–Trinajstić information content (AvgIpc) is 2.79. The number of anilines is 2. The average molecular weight is 287 g/mol. The number of aryl methyl sites for hydroxylation is 1. The minimum absolute atomic E-state index is 0.164. The van der Waals surface area contributed by atoms with Crippen LogP contribution in [-0.4, -0.2) is 11.8 Å². The van der Waals surface area contributed by atoms with E-state index in [9.17, 15) is 4.79 Å². The van der Waals surface area contributed by atoms with Gasteiger partial charge < -0.3 is 4.90 Å². The first kappa shape index (κ1) is 13.1. The Morgan fingerprint density at radius 3 is 2.59 bits per heavy atom. The standard InChI is InChI=1S/C20H17NO/c1-13-6-5-8-16(12-13)21-14(2)20(22)19-17-9-4-3-7-15(17)10-11-18(19)21/h3-12,14H,1-2H3. The molecule has 0 bridgehead atoms. The second-order valence-electron chi connectivity index (χ2n) is 5.93. The summed E-state index contributed by atoms with van der Waals surface area (Å²) in [6.07, 6.45) is 0. The zero-order valence-corrected chi connectivity index (χ0v) is 12.7. The number of nitrogens with zero attached hydrogens (tertiary/aromatic N) is 1. The first-order valence-corrected chi connectivity index (χ1v) is 7.58. The quantitative estimate of drug-likeness (QED) is 0.636. The van der Waals surface area contributed by atoms with E-state index in [1.54, 1.807) is 0 Å². The van der Waals surface area contributed by atoms with Gasteiger partial charge in [-0.2, -0.15) is 0 Å². The van der Waals surface area contributed by atoms with Crippen molar-refractivity contribution >= 4 is 27.9 Å². The minimum Gasteiger partial charge on any atom is -0.330 e. The molecule has 4 rings (SSSR count). The molecule has 0 amide bonds. The van der Waals surface area contributed by atoms with Crippen LogP contribution in [-0.2, 0) is 0 Å². The fourth-order valence-corrected chi connectivity index (χ4v) is 3.40. The summed E-state index contributed by atoms with van der Waals surface area (Å²) < 4.78 is 0. The summed E-state index contributed by atoms with van der Waals surface area (Å²) in [5, 5.41) is 2.17. The molecule has 1 aliphatic rings. The molecule has 3 aromatic carbocycles. The number of benzene rings is 3. The molecule has 0 aromatic heterocycles. The number of rotatable bonds is 1. The molecule has 0 saturated carbocycles. The summed E-state index contributed by atoms with van der Waals surface area (Å²) in [7, 11) is 0. The topological polar surface area (TPSA) is 20.3 Å². The molecule has 2 heteroatoms. The lowest BCUT2D eigenvalue weighted by Gasteiger charge is -2.24. The first-order valence-electron chi connectivity index (χ1n) is 7.58. The first-order chi connectivity index (χ1) is 10.7. The molecule has 1 heterocycles. The van der Waals surface area contributed by atoms with Crippen molar-refractivity contribution in [3.05, 3.63) is 71.8 Å². The summed E-state index contributed by atoms with van der Waals surface area (Å²) >= 11 is 0. The van der Waals surface area contributed by atoms with Crippen molar-refractivity contribution in [2.24, 2.45) is 0 Å². The van der Waals surface area contributed by atoms with Gasteiger partial charge in [0.15, 0.2) is 5.78 Å². The van der Waals surface area contributed by atoms with Gasteiger partial charge in [0.2, 0.25) is 0 Å². The lowest BCUT2D eigenvalue weighted by atomic mass is 10.0. The van der Waals surface area contributed by atoms with Crippen LogP contribution in [0.1, 0.15) is 22.8 Å². The van der Waals surface area contributed by atoms with E-state index in [4.69, 9.17) is 0 Å². The van der Waals surface area contributed by atoms with E-state index in [-0.39, 0.29) is 11.8 Å². The molecule has 2 nitrogen and oxygen atoms in total. The van der Waals surface area contributed by atoms with Crippen LogP contribution in [0.2, 0.25) is 0 Å². The van der Waals surface area contributed by atoms with Gasteiger partial charge in [0.25, 0.3) is 0 Å². The third kappa shape index (κ3) is 1.77. The van der Waals surface area contributed by atoms with Gasteiger partial charge in [-0.25, -0.2) is 0 Å². The SMILES string of the molecule is Cc1cccc(N2c3ccc4ccccc4c3C(=O)C2C)c1. The number of hydrogen-bond donors (Lipinski definition) is 0. The Morgan fingerprint density at radius 2 is 1.77 bits per heavy atom. The van der Waals surface area contributed by atoms with E-state index in [1.807, 2.05) is 31.2 Å². The van der Waals surface area contributed by atoms with E-state index in [0.29, 0.717) is 0 Å². The van der Waals surface area contributed by atoms with Crippen LogP contribution < -0.4 is 4.90 Å². The molecule has 1 unspecified atom stereocenters. The predicted molar refractivity (Wildman–Crippen MR) is 91.1 cm³/mol. The van der Waals surface area contributed by atoms with Crippen LogP contribution in [0.15, 0.2) is 60.7 Å². The van der Waals surface area contributed by atoms with Crippen molar-refractivity contribution < 1.29 is 4.79 Å². The van der Waals surface area contributed by atoms with Gasteiger partial charge in [-0.15, -0.1) is 0 Å². The predicted octanol–water partition coefficient (Wildman–Crippen LogP) is 4.87. The third-order valence-electron chi connectivity index (χ3n) is 4.46. The van der Waals surface area contributed by atoms with Crippen LogP contribution in [0, 0.1) is 6.92 Å². The van der Waals surface area contributed by atoms with Gasteiger partial charge in [-0.05, 0) is 48.4 Å². The summed E-state index contributed by atoms with van der Waals surface area (Å²) in [6, 6.07) is 20.4. The molecule has 22 heavy (non-hydrogen) atoms. The number of carbonyl (C=O) groups excluding carboxylic acids is 1. The molecule has 3 aromatic rings. The Balaban J connectivity index is 1.99. The van der Waals surface area contributed by atoms with Crippen molar-refractivity contribution in [1.82, 2.24) is 0 Å². The Kier molecular flexibility index (Phi) is 2.80. The maximum absolute atomic E-state index is 12.8. The Labute approximate surface area is 130 Å². The fraction of sp³-hybridized carbons (Fsp3) is 0.150. The van der Waals surface area contributed by atoms with Crippen LogP contribution in [0.25, 0.3) is 10.8 Å². The highest BCUT2D eigenvalue weighted by Crippen LogP contribution is 2.41. The third-order valence-corrected chi connectivity index (χ3v) is 4.46. The molecule has 0 saturated heterocycles. The zero-order chi connectivity index (χ0) is 15.3. The van der Waals surface area contributed by atoms with Crippen molar-refractivity contribution in [3.63, 3.8) is 0 Å². The highest BCUT2D eigenvalue weighted by atomic mass is 16.1. The molecule has 1 aliphatic heterocycles. The largest absolute Gasteiger partial charge is 0.330 e. The van der Waals surface area contributed by atoms with Gasteiger partial charge in [0, 0.05) is 5.69 Å². The van der Waals surface area contributed by atoms with Gasteiger partial charge in [-0.1, -0.05) is 42.5 Å². The molecule has 1 atom stereocenters. The van der Waals surface area contributed by atoms with E-state index in [1.165, 1.54) is 5.56 Å². The summed E-state index contributed by atoms with van der Waals surface area (Å²) in [6.45, 7) is 4.06.